The maximum absolute atomic E-state index is 11.7. The van der Waals surface area contributed by atoms with Gasteiger partial charge in [0, 0.05) is 0 Å². The SMILES string of the molecule is CC(OC(=O)CCC(=O)OC(C)C(C)(C)C#N)C(C)(C)C#N. The van der Waals surface area contributed by atoms with Gasteiger partial charge in [0.25, 0.3) is 0 Å². The average Bonchev–Trinajstić information content (AvgIpc) is 2.44. The first kappa shape index (κ1) is 19.9. The Morgan fingerprint density at radius 2 is 1.14 bits per heavy atom. The molecular formula is C16H24N2O4. The van der Waals surface area contributed by atoms with Crippen molar-refractivity contribution in [1.29, 1.82) is 10.5 Å². The van der Waals surface area contributed by atoms with Crippen molar-refractivity contribution in [3.8, 4) is 12.1 Å². The van der Waals surface area contributed by atoms with E-state index in [0.29, 0.717) is 0 Å². The third-order valence-corrected chi connectivity index (χ3v) is 3.76. The second kappa shape index (κ2) is 7.79. The number of hydrogen-bond acceptors (Lipinski definition) is 6. The van der Waals surface area contributed by atoms with Gasteiger partial charge >= 0.3 is 11.9 Å². The van der Waals surface area contributed by atoms with Gasteiger partial charge in [0.1, 0.15) is 12.2 Å². The van der Waals surface area contributed by atoms with Gasteiger partial charge in [-0.15, -0.1) is 0 Å². The van der Waals surface area contributed by atoms with Crippen molar-refractivity contribution < 1.29 is 19.1 Å². The first-order chi connectivity index (χ1) is 9.96. The fourth-order valence-electron chi connectivity index (χ4n) is 1.19. The second-order valence-electron chi connectivity index (χ2n) is 6.43. The van der Waals surface area contributed by atoms with E-state index in [-0.39, 0.29) is 12.8 Å². The summed E-state index contributed by atoms with van der Waals surface area (Å²) in [6.45, 7) is 9.96. The number of ether oxygens (including phenoxy) is 2. The summed E-state index contributed by atoms with van der Waals surface area (Å²) in [5.74, 6) is -1.11. The molecule has 0 amide bonds. The Hall–Kier alpha value is -2.08. The van der Waals surface area contributed by atoms with Crippen molar-refractivity contribution in [2.24, 2.45) is 10.8 Å². The molecule has 0 rings (SSSR count). The van der Waals surface area contributed by atoms with Gasteiger partial charge in [0.15, 0.2) is 0 Å². The molecule has 2 unspecified atom stereocenters. The fraction of sp³-hybridized carbons (Fsp3) is 0.750. The summed E-state index contributed by atoms with van der Waals surface area (Å²) in [6.07, 6.45) is -1.38. The summed E-state index contributed by atoms with van der Waals surface area (Å²) in [6, 6.07) is 4.12. The van der Waals surface area contributed by atoms with Gasteiger partial charge in [-0.1, -0.05) is 0 Å². The molecule has 0 aromatic rings. The summed E-state index contributed by atoms with van der Waals surface area (Å²) < 4.78 is 10.3. The maximum atomic E-state index is 11.7. The zero-order valence-corrected chi connectivity index (χ0v) is 14.1. The van der Waals surface area contributed by atoms with E-state index < -0.39 is 35.0 Å². The zero-order valence-electron chi connectivity index (χ0n) is 14.1. The zero-order chi connectivity index (χ0) is 17.6. The highest BCUT2D eigenvalue weighted by atomic mass is 16.6. The first-order valence-electron chi connectivity index (χ1n) is 7.17. The molecule has 122 valence electrons. The summed E-state index contributed by atoms with van der Waals surface area (Å²) in [4.78, 5) is 23.3. The van der Waals surface area contributed by atoms with Crippen LogP contribution in [0.5, 0.6) is 0 Å². The minimum Gasteiger partial charge on any atom is -0.461 e. The van der Waals surface area contributed by atoms with E-state index in [4.69, 9.17) is 20.0 Å². The molecule has 0 aromatic heterocycles. The van der Waals surface area contributed by atoms with Crippen LogP contribution in [-0.4, -0.2) is 24.1 Å². The lowest BCUT2D eigenvalue weighted by molar-refractivity contribution is -0.159. The number of carbonyl (C=O) groups excluding carboxylic acids is 2. The quantitative estimate of drug-likeness (QED) is 0.670. The highest BCUT2D eigenvalue weighted by Gasteiger charge is 2.30. The van der Waals surface area contributed by atoms with Crippen LogP contribution in [0.15, 0.2) is 0 Å². The standard InChI is InChI=1S/C16H24N2O4/c1-11(15(3,4)9-17)21-13(19)7-8-14(20)22-12(2)16(5,6)10-18/h11-12H,7-8H2,1-6H3. The normalized spacial score (nSPS) is 14.2. The van der Waals surface area contributed by atoms with Crippen molar-refractivity contribution in [3.05, 3.63) is 0 Å². The molecule has 6 heteroatoms. The lowest BCUT2D eigenvalue weighted by Crippen LogP contribution is -2.31. The van der Waals surface area contributed by atoms with Crippen LogP contribution < -0.4 is 0 Å². The summed E-state index contributed by atoms with van der Waals surface area (Å²) in [5, 5.41) is 17.9. The topological polar surface area (TPSA) is 100 Å². The van der Waals surface area contributed by atoms with Gasteiger partial charge in [-0.3, -0.25) is 9.59 Å². The van der Waals surface area contributed by atoms with Crippen molar-refractivity contribution in [2.75, 3.05) is 0 Å². The molecule has 0 saturated carbocycles. The van der Waals surface area contributed by atoms with E-state index in [0.717, 1.165) is 0 Å². The van der Waals surface area contributed by atoms with Crippen LogP contribution in [0.25, 0.3) is 0 Å². The molecule has 0 aliphatic carbocycles. The summed E-state index contributed by atoms with van der Waals surface area (Å²) >= 11 is 0. The van der Waals surface area contributed by atoms with Crippen LogP contribution >= 0.6 is 0 Å². The van der Waals surface area contributed by atoms with Gasteiger partial charge in [0.05, 0.1) is 35.8 Å². The lowest BCUT2D eigenvalue weighted by atomic mass is 9.89. The Bertz CT molecular complexity index is 451. The summed E-state index contributed by atoms with van der Waals surface area (Å²) in [7, 11) is 0. The maximum Gasteiger partial charge on any atom is 0.306 e. The van der Waals surface area contributed by atoms with Crippen molar-refractivity contribution >= 4 is 11.9 Å². The average molecular weight is 308 g/mol. The van der Waals surface area contributed by atoms with E-state index in [9.17, 15) is 9.59 Å². The van der Waals surface area contributed by atoms with Crippen LogP contribution in [0.4, 0.5) is 0 Å². The van der Waals surface area contributed by atoms with Gasteiger partial charge in [-0.25, -0.2) is 0 Å². The molecule has 6 nitrogen and oxygen atoms in total. The number of rotatable bonds is 7. The molecule has 0 spiro atoms. The van der Waals surface area contributed by atoms with Gasteiger partial charge in [-0.2, -0.15) is 10.5 Å². The van der Waals surface area contributed by atoms with Gasteiger partial charge < -0.3 is 9.47 Å². The number of nitriles is 2. The third-order valence-electron chi connectivity index (χ3n) is 3.76. The highest BCUT2D eigenvalue weighted by Crippen LogP contribution is 2.23. The van der Waals surface area contributed by atoms with E-state index in [1.54, 1.807) is 41.5 Å². The largest absolute Gasteiger partial charge is 0.461 e. The number of esters is 2. The Balaban J connectivity index is 4.31. The van der Waals surface area contributed by atoms with E-state index >= 15 is 0 Å². The van der Waals surface area contributed by atoms with Crippen molar-refractivity contribution in [2.45, 2.75) is 66.6 Å². The second-order valence-corrected chi connectivity index (χ2v) is 6.43. The molecule has 0 saturated heterocycles. The molecule has 0 bridgehead atoms. The molecule has 0 aliphatic heterocycles. The predicted molar refractivity (Wildman–Crippen MR) is 79.1 cm³/mol. The van der Waals surface area contributed by atoms with Gasteiger partial charge in [0.2, 0.25) is 0 Å². The Morgan fingerprint density at radius 3 is 1.36 bits per heavy atom. The molecule has 22 heavy (non-hydrogen) atoms. The fourth-order valence-corrected chi connectivity index (χ4v) is 1.19. The molecule has 0 N–H and O–H groups in total. The van der Waals surface area contributed by atoms with Crippen LogP contribution in [0.1, 0.15) is 54.4 Å². The molecule has 0 aliphatic rings. The molecule has 0 heterocycles. The van der Waals surface area contributed by atoms with E-state index in [2.05, 4.69) is 12.1 Å². The first-order valence-corrected chi connectivity index (χ1v) is 7.17. The number of nitrogens with zero attached hydrogens (tertiary/aromatic N) is 2. The molecule has 0 aromatic carbocycles. The number of hydrogen-bond donors (Lipinski definition) is 0. The minimum absolute atomic E-state index is 0.121. The van der Waals surface area contributed by atoms with Gasteiger partial charge in [-0.05, 0) is 41.5 Å². The highest BCUT2D eigenvalue weighted by molar-refractivity contribution is 5.77. The predicted octanol–water partition coefficient (Wildman–Crippen LogP) is 2.73. The third kappa shape index (κ3) is 6.13. The van der Waals surface area contributed by atoms with Crippen LogP contribution in [0, 0.1) is 33.5 Å². The van der Waals surface area contributed by atoms with Crippen LogP contribution in [0.2, 0.25) is 0 Å². The smallest absolute Gasteiger partial charge is 0.306 e. The van der Waals surface area contributed by atoms with E-state index in [1.807, 2.05) is 0 Å². The molecular weight excluding hydrogens is 284 g/mol. The lowest BCUT2D eigenvalue weighted by Gasteiger charge is -2.25. The molecule has 0 radical (unpaired) electrons. The Kier molecular flexibility index (Phi) is 7.06. The van der Waals surface area contributed by atoms with Crippen molar-refractivity contribution in [1.82, 2.24) is 0 Å². The monoisotopic (exact) mass is 308 g/mol. The van der Waals surface area contributed by atoms with Crippen molar-refractivity contribution in [3.63, 3.8) is 0 Å². The Morgan fingerprint density at radius 1 is 0.864 bits per heavy atom. The molecule has 2 atom stereocenters. The van der Waals surface area contributed by atoms with Crippen LogP contribution in [0.3, 0.4) is 0 Å². The Labute approximate surface area is 132 Å². The van der Waals surface area contributed by atoms with Crippen LogP contribution in [-0.2, 0) is 19.1 Å². The number of carbonyl (C=O) groups is 2. The summed E-state index contributed by atoms with van der Waals surface area (Å²) in [5.41, 5.74) is -1.58. The molecule has 0 fully saturated rings. The minimum atomic E-state index is -0.790. The van der Waals surface area contributed by atoms with E-state index in [1.165, 1.54) is 0 Å².